The summed E-state index contributed by atoms with van der Waals surface area (Å²) >= 11 is 0. The molecule has 0 saturated heterocycles. The van der Waals surface area contributed by atoms with E-state index in [2.05, 4.69) is 26.3 Å². The van der Waals surface area contributed by atoms with Gasteiger partial charge in [-0.1, -0.05) is 12.1 Å². The van der Waals surface area contributed by atoms with Gasteiger partial charge in [-0.05, 0) is 46.7 Å². The van der Waals surface area contributed by atoms with E-state index in [1.54, 1.807) is 0 Å². The number of Topliss-reactive ketones (excluding diaryl/α,β-unsaturated/α-hetero) is 1. The maximum absolute atomic E-state index is 13.2. The number of anilines is 4. The summed E-state index contributed by atoms with van der Waals surface area (Å²) in [5.74, 6) is 0.00532. The summed E-state index contributed by atoms with van der Waals surface area (Å²) < 4.78 is 37.7. The van der Waals surface area contributed by atoms with Gasteiger partial charge in [-0.25, -0.2) is 4.63 Å². The minimum absolute atomic E-state index is 0.103. The number of nitrogens with one attached hydrogen (secondary N) is 4. The number of nitriles is 1. The fourth-order valence-electron chi connectivity index (χ4n) is 3.52. The van der Waals surface area contributed by atoms with Crippen LogP contribution in [0.2, 0.25) is 0 Å². The summed E-state index contributed by atoms with van der Waals surface area (Å²) in [6.07, 6.45) is 0.136. The monoisotopic (exact) mass is 469 g/mol. The lowest BCUT2D eigenvalue weighted by molar-refractivity contribution is 0.0961. The van der Waals surface area contributed by atoms with Gasteiger partial charge in [0.2, 0.25) is 0 Å². The van der Waals surface area contributed by atoms with Crippen molar-refractivity contribution in [3.63, 3.8) is 0 Å². The molecule has 12 nitrogen and oxygen atoms in total. The van der Waals surface area contributed by atoms with E-state index in [4.69, 9.17) is 14.4 Å². The molecule has 5 N–H and O–H groups in total. The maximum atomic E-state index is 13.2. The molecule has 1 aromatic heterocycles. The number of carbonyl (C=O) groups excluding carboxylic acids is 1. The summed E-state index contributed by atoms with van der Waals surface area (Å²) in [5, 5.41) is 26.3. The first-order chi connectivity index (χ1) is 15.8. The number of fused-ring (bicyclic) bond motifs is 1. The van der Waals surface area contributed by atoms with Gasteiger partial charge in [-0.2, -0.15) is 13.7 Å². The van der Waals surface area contributed by atoms with Gasteiger partial charge in [0.25, 0.3) is 0 Å². The fourth-order valence-corrected chi connectivity index (χ4v) is 3.95. The van der Waals surface area contributed by atoms with Crippen molar-refractivity contribution in [2.24, 2.45) is 0 Å². The van der Waals surface area contributed by atoms with Gasteiger partial charge < -0.3 is 16.0 Å². The molecule has 13 heteroatoms. The minimum Gasteiger partial charge on any atom is -0.364 e. The summed E-state index contributed by atoms with van der Waals surface area (Å²) in [6.45, 7) is 0.316. The van der Waals surface area contributed by atoms with E-state index < -0.39 is 16.0 Å². The Bertz CT molecular complexity index is 1290. The normalized spacial score (nSPS) is 13.8. The summed E-state index contributed by atoms with van der Waals surface area (Å²) in [4.78, 5) is 13.2. The molecule has 0 radical (unpaired) electrons. The second-order valence-electron chi connectivity index (χ2n) is 7.25. The molecule has 0 amide bonds. The highest BCUT2D eigenvalue weighted by Crippen LogP contribution is 2.43. The SMILES string of the molecule is N#CCCNc1nonc1C1(CC(=O)c2ccc(NS(=O)(=O)O)cc2)Nc2ccccc2N1. The van der Waals surface area contributed by atoms with E-state index in [0.29, 0.717) is 23.6 Å². The molecular formula is C20H19N7O5S. The van der Waals surface area contributed by atoms with Crippen LogP contribution in [0.15, 0.2) is 53.2 Å². The van der Waals surface area contributed by atoms with Crippen LogP contribution in [0.4, 0.5) is 22.9 Å². The number of aromatic nitrogens is 2. The van der Waals surface area contributed by atoms with Gasteiger partial charge in [-0.3, -0.25) is 14.1 Å². The molecule has 170 valence electrons. The number of hydrogen-bond acceptors (Lipinski definition) is 10. The molecule has 0 spiro atoms. The lowest BCUT2D eigenvalue weighted by atomic mass is 9.95. The van der Waals surface area contributed by atoms with Crippen LogP contribution in [0.3, 0.4) is 0 Å². The van der Waals surface area contributed by atoms with E-state index in [1.807, 2.05) is 35.1 Å². The topological polar surface area (TPSA) is 182 Å². The predicted molar refractivity (Wildman–Crippen MR) is 119 cm³/mol. The Hall–Kier alpha value is -4.15. The zero-order valence-electron chi connectivity index (χ0n) is 17.1. The Morgan fingerprint density at radius 1 is 1.12 bits per heavy atom. The quantitative estimate of drug-likeness (QED) is 0.176. The van der Waals surface area contributed by atoms with Gasteiger partial charge in [0.05, 0.1) is 36.0 Å². The summed E-state index contributed by atoms with van der Waals surface area (Å²) in [5.41, 5.74) is 1.05. The Balaban J connectivity index is 1.63. The van der Waals surface area contributed by atoms with Gasteiger partial charge in [0.15, 0.2) is 23.0 Å². The first kappa shape index (κ1) is 22.1. The van der Waals surface area contributed by atoms with Crippen molar-refractivity contribution in [1.82, 2.24) is 10.3 Å². The summed E-state index contributed by atoms with van der Waals surface area (Å²) in [7, 11) is -4.42. The van der Waals surface area contributed by atoms with E-state index in [0.717, 1.165) is 11.4 Å². The molecule has 1 aliphatic rings. The standard InChI is InChI=1S/C20H19N7O5S/c21-10-3-11-22-19-18(25-32-26-19)20(23-15-4-1-2-5-16(15)24-20)12-17(28)13-6-8-14(9-7-13)27-33(29,30)31/h1-2,4-9,23-24,27H,3,11-12H2,(H,22,26)(H,29,30,31). The van der Waals surface area contributed by atoms with Crippen molar-refractivity contribution < 1.29 is 22.4 Å². The largest absolute Gasteiger partial charge is 0.364 e. The molecule has 1 aliphatic heterocycles. The molecule has 0 bridgehead atoms. The van der Waals surface area contributed by atoms with E-state index in [9.17, 15) is 13.2 Å². The van der Waals surface area contributed by atoms with Crippen LogP contribution < -0.4 is 20.7 Å². The molecule has 0 aliphatic carbocycles. The third-order valence-corrected chi connectivity index (χ3v) is 5.42. The number of para-hydroxylation sites is 2. The van der Waals surface area contributed by atoms with E-state index in [1.165, 1.54) is 24.3 Å². The number of ketones is 1. The Morgan fingerprint density at radius 2 is 1.79 bits per heavy atom. The molecule has 0 fully saturated rings. The Morgan fingerprint density at radius 3 is 2.39 bits per heavy atom. The molecule has 0 unspecified atom stereocenters. The van der Waals surface area contributed by atoms with Crippen LogP contribution in [0.25, 0.3) is 0 Å². The average molecular weight is 469 g/mol. The predicted octanol–water partition coefficient (Wildman–Crippen LogP) is 2.57. The number of hydrogen-bond donors (Lipinski definition) is 5. The molecule has 2 heterocycles. The highest BCUT2D eigenvalue weighted by molar-refractivity contribution is 7.87. The maximum Gasteiger partial charge on any atom is 0.357 e. The molecular weight excluding hydrogens is 450 g/mol. The first-order valence-corrected chi connectivity index (χ1v) is 11.2. The van der Waals surface area contributed by atoms with Crippen molar-refractivity contribution in [2.75, 3.05) is 27.2 Å². The number of nitrogens with zero attached hydrogens (tertiary/aromatic N) is 3. The van der Waals surface area contributed by atoms with Crippen LogP contribution in [-0.2, 0) is 16.0 Å². The van der Waals surface area contributed by atoms with Crippen molar-refractivity contribution in [1.29, 1.82) is 5.26 Å². The van der Waals surface area contributed by atoms with Crippen LogP contribution in [-0.4, -0.2) is 35.6 Å². The van der Waals surface area contributed by atoms with Gasteiger partial charge in [-0.15, -0.1) is 0 Å². The van der Waals surface area contributed by atoms with Gasteiger partial charge in [0, 0.05) is 12.1 Å². The fraction of sp³-hybridized carbons (Fsp3) is 0.200. The highest BCUT2D eigenvalue weighted by Gasteiger charge is 2.45. The lowest BCUT2D eigenvalue weighted by Gasteiger charge is -2.28. The second-order valence-corrected chi connectivity index (χ2v) is 8.41. The zero-order chi connectivity index (χ0) is 23.5. The number of benzene rings is 2. The second kappa shape index (κ2) is 8.77. The van der Waals surface area contributed by atoms with Crippen LogP contribution in [0.1, 0.15) is 28.9 Å². The van der Waals surface area contributed by atoms with E-state index in [-0.39, 0.29) is 24.3 Å². The van der Waals surface area contributed by atoms with E-state index >= 15 is 0 Å². The highest BCUT2D eigenvalue weighted by atomic mass is 32.2. The first-order valence-electron chi connectivity index (χ1n) is 9.77. The number of carbonyl (C=O) groups is 1. The number of rotatable bonds is 9. The third-order valence-electron chi connectivity index (χ3n) is 4.92. The lowest BCUT2D eigenvalue weighted by Crippen LogP contribution is -2.42. The molecule has 0 atom stereocenters. The van der Waals surface area contributed by atoms with Crippen LogP contribution >= 0.6 is 0 Å². The van der Waals surface area contributed by atoms with Gasteiger partial charge >= 0.3 is 10.3 Å². The molecule has 0 saturated carbocycles. The van der Waals surface area contributed by atoms with Crippen molar-refractivity contribution in [3.05, 3.63) is 59.8 Å². The van der Waals surface area contributed by atoms with Crippen molar-refractivity contribution in [3.8, 4) is 6.07 Å². The molecule has 2 aromatic carbocycles. The zero-order valence-corrected chi connectivity index (χ0v) is 17.9. The smallest absolute Gasteiger partial charge is 0.357 e. The Labute approximate surface area is 188 Å². The van der Waals surface area contributed by atoms with Crippen molar-refractivity contribution >= 4 is 39.0 Å². The van der Waals surface area contributed by atoms with Crippen LogP contribution in [0.5, 0.6) is 0 Å². The Kier molecular flexibility index (Phi) is 5.86. The molecule has 4 rings (SSSR count). The average Bonchev–Trinajstić information content (AvgIpc) is 3.38. The molecule has 33 heavy (non-hydrogen) atoms. The molecule has 3 aromatic rings. The van der Waals surface area contributed by atoms with Crippen molar-refractivity contribution in [2.45, 2.75) is 18.5 Å². The minimum atomic E-state index is -4.42. The van der Waals surface area contributed by atoms with Gasteiger partial charge in [0.1, 0.15) is 0 Å². The summed E-state index contributed by atoms with van der Waals surface area (Å²) in [6, 6.07) is 15.0. The third kappa shape index (κ3) is 4.86. The van der Waals surface area contributed by atoms with Crippen LogP contribution in [0, 0.1) is 11.3 Å².